The lowest BCUT2D eigenvalue weighted by molar-refractivity contribution is 0.101. The largest absolute Gasteiger partial charge is 0.319 e. The summed E-state index contributed by atoms with van der Waals surface area (Å²) in [7, 11) is 0. The van der Waals surface area contributed by atoms with Gasteiger partial charge >= 0.3 is 0 Å². The number of amides is 2. The van der Waals surface area contributed by atoms with E-state index in [2.05, 4.69) is 20.6 Å². The van der Waals surface area contributed by atoms with E-state index in [1.807, 2.05) is 12.1 Å². The Morgan fingerprint density at radius 3 is 2.27 bits per heavy atom. The average molecular weight is 493 g/mol. The van der Waals surface area contributed by atoms with Crippen LogP contribution in [0.15, 0.2) is 72.9 Å². The van der Waals surface area contributed by atoms with Gasteiger partial charge < -0.3 is 5.32 Å². The lowest BCUT2D eigenvalue weighted by Crippen LogP contribution is -2.12. The molecule has 0 fully saturated rings. The fraction of sp³-hybridized carbons (Fsp3) is 0. The van der Waals surface area contributed by atoms with Crippen LogP contribution in [-0.2, 0) is 0 Å². The summed E-state index contributed by atoms with van der Waals surface area (Å²) in [5, 5.41) is 7.59. The predicted octanol–water partition coefficient (Wildman–Crippen LogP) is 6.66. The van der Waals surface area contributed by atoms with E-state index in [-0.39, 0.29) is 11.8 Å². The van der Waals surface area contributed by atoms with Crippen LogP contribution in [0.1, 0.15) is 20.7 Å². The minimum Gasteiger partial charge on any atom is -0.319 e. The summed E-state index contributed by atoms with van der Waals surface area (Å²) in [5.41, 5.74) is 2.77. The molecule has 0 unspecified atom stereocenters. The van der Waals surface area contributed by atoms with Crippen molar-refractivity contribution in [2.45, 2.75) is 0 Å². The smallest absolute Gasteiger partial charge is 0.257 e. The average Bonchev–Trinajstić information content (AvgIpc) is 3.22. The molecule has 0 aliphatic rings. The highest BCUT2D eigenvalue weighted by molar-refractivity contribution is 7.22. The number of anilines is 2. The number of nitrogens with one attached hydrogen (secondary N) is 2. The van der Waals surface area contributed by atoms with E-state index in [9.17, 15) is 9.59 Å². The molecular formula is C24H14Cl2N4O2S. The zero-order valence-corrected chi connectivity index (χ0v) is 19.1. The van der Waals surface area contributed by atoms with Crippen molar-refractivity contribution < 1.29 is 9.59 Å². The Balaban J connectivity index is 1.36. The van der Waals surface area contributed by atoms with Crippen molar-refractivity contribution >= 4 is 78.3 Å². The van der Waals surface area contributed by atoms with Crippen LogP contribution in [0.3, 0.4) is 0 Å². The summed E-state index contributed by atoms with van der Waals surface area (Å²) in [4.78, 5) is 34.2. The van der Waals surface area contributed by atoms with Crippen LogP contribution in [0.2, 0.25) is 10.0 Å². The molecule has 0 saturated heterocycles. The van der Waals surface area contributed by atoms with Crippen molar-refractivity contribution in [1.82, 2.24) is 9.97 Å². The van der Waals surface area contributed by atoms with Crippen LogP contribution in [0.4, 0.5) is 10.8 Å². The van der Waals surface area contributed by atoms with E-state index in [0.29, 0.717) is 37.5 Å². The minimum absolute atomic E-state index is 0.272. The van der Waals surface area contributed by atoms with Gasteiger partial charge in [-0.2, -0.15) is 0 Å². The highest BCUT2D eigenvalue weighted by Crippen LogP contribution is 2.31. The number of thiazole rings is 1. The van der Waals surface area contributed by atoms with Crippen molar-refractivity contribution in [2.75, 3.05) is 10.6 Å². The first-order valence-electron chi connectivity index (χ1n) is 9.80. The number of nitrogens with zero attached hydrogens (tertiary/aromatic N) is 2. The Morgan fingerprint density at radius 1 is 0.788 bits per heavy atom. The molecule has 2 aromatic heterocycles. The molecule has 0 spiro atoms. The van der Waals surface area contributed by atoms with Crippen LogP contribution in [0.5, 0.6) is 0 Å². The standard InChI is InChI=1S/C24H14Cl2N4O2S/c25-16-4-1-5-17(26)21(16)29-22(31)15-7-9-19-20(12-15)33-24(28-19)30-23(32)14-6-8-18-13(11-14)3-2-10-27-18/h1-12H,(H,29,31)(H,28,30,32). The van der Waals surface area contributed by atoms with Gasteiger partial charge in [0.1, 0.15) is 0 Å². The molecule has 0 aliphatic carbocycles. The minimum atomic E-state index is -0.351. The van der Waals surface area contributed by atoms with E-state index >= 15 is 0 Å². The third-order valence-corrected chi connectivity index (χ3v) is 6.50. The molecule has 0 bridgehead atoms. The molecule has 0 atom stereocenters. The molecule has 33 heavy (non-hydrogen) atoms. The van der Waals surface area contributed by atoms with Crippen LogP contribution in [0.25, 0.3) is 21.1 Å². The molecule has 0 radical (unpaired) electrons. The molecule has 5 aromatic rings. The Hall–Kier alpha value is -3.52. The second kappa shape index (κ2) is 8.78. The fourth-order valence-electron chi connectivity index (χ4n) is 3.31. The first-order chi connectivity index (χ1) is 16.0. The van der Waals surface area contributed by atoms with Gasteiger partial charge in [0, 0.05) is 22.7 Å². The van der Waals surface area contributed by atoms with E-state index in [0.717, 1.165) is 15.6 Å². The zero-order chi connectivity index (χ0) is 22.9. The summed E-state index contributed by atoms with van der Waals surface area (Å²) in [6.07, 6.45) is 1.71. The number of pyridine rings is 1. The number of benzene rings is 3. The zero-order valence-electron chi connectivity index (χ0n) is 16.8. The van der Waals surface area contributed by atoms with Gasteiger partial charge in [0.15, 0.2) is 5.13 Å². The number of para-hydroxylation sites is 1. The van der Waals surface area contributed by atoms with Crippen LogP contribution in [0, 0.1) is 0 Å². The molecule has 2 heterocycles. The molecule has 162 valence electrons. The van der Waals surface area contributed by atoms with E-state index < -0.39 is 0 Å². The number of rotatable bonds is 4. The van der Waals surface area contributed by atoms with Gasteiger partial charge in [-0.25, -0.2) is 4.98 Å². The third kappa shape index (κ3) is 4.39. The van der Waals surface area contributed by atoms with Crippen LogP contribution < -0.4 is 10.6 Å². The maximum atomic E-state index is 12.7. The van der Waals surface area contributed by atoms with Gasteiger partial charge in [-0.15, -0.1) is 0 Å². The monoisotopic (exact) mass is 492 g/mol. The first kappa shape index (κ1) is 21.3. The Kier molecular flexibility index (Phi) is 5.68. The molecule has 9 heteroatoms. The van der Waals surface area contributed by atoms with Gasteiger partial charge in [-0.05, 0) is 54.6 Å². The molecule has 0 saturated carbocycles. The number of hydrogen-bond donors (Lipinski definition) is 2. The predicted molar refractivity (Wildman–Crippen MR) is 134 cm³/mol. The van der Waals surface area contributed by atoms with Gasteiger partial charge in [-0.1, -0.05) is 46.7 Å². The molecule has 5 rings (SSSR count). The number of halogens is 2. The van der Waals surface area contributed by atoms with Gasteiger partial charge in [0.2, 0.25) is 0 Å². The quantitative estimate of drug-likeness (QED) is 0.293. The number of carbonyl (C=O) groups is 2. The topological polar surface area (TPSA) is 84.0 Å². The summed E-state index contributed by atoms with van der Waals surface area (Å²) < 4.78 is 0.755. The van der Waals surface area contributed by atoms with Crippen molar-refractivity contribution in [3.05, 3.63) is 94.1 Å². The van der Waals surface area contributed by atoms with Gasteiger partial charge in [0.05, 0.1) is 31.5 Å². The van der Waals surface area contributed by atoms with Crippen LogP contribution >= 0.6 is 34.5 Å². The Bertz CT molecular complexity index is 1530. The third-order valence-electron chi connectivity index (χ3n) is 4.94. The van der Waals surface area contributed by atoms with Crippen molar-refractivity contribution in [1.29, 1.82) is 0 Å². The molecule has 2 amide bonds. The molecule has 6 nitrogen and oxygen atoms in total. The lowest BCUT2D eigenvalue weighted by atomic mass is 10.1. The van der Waals surface area contributed by atoms with E-state index in [4.69, 9.17) is 23.2 Å². The maximum Gasteiger partial charge on any atom is 0.257 e. The highest BCUT2D eigenvalue weighted by atomic mass is 35.5. The van der Waals surface area contributed by atoms with Crippen LogP contribution in [-0.4, -0.2) is 21.8 Å². The number of hydrogen-bond acceptors (Lipinski definition) is 5. The number of aromatic nitrogens is 2. The number of fused-ring (bicyclic) bond motifs is 2. The van der Waals surface area contributed by atoms with Gasteiger partial charge in [0.25, 0.3) is 11.8 Å². The fourth-order valence-corrected chi connectivity index (χ4v) is 4.70. The molecule has 2 N–H and O–H groups in total. The van der Waals surface area contributed by atoms with Crippen molar-refractivity contribution in [3.63, 3.8) is 0 Å². The van der Waals surface area contributed by atoms with E-state index in [1.165, 1.54) is 11.3 Å². The van der Waals surface area contributed by atoms with Crippen molar-refractivity contribution in [3.8, 4) is 0 Å². The highest BCUT2D eigenvalue weighted by Gasteiger charge is 2.15. The lowest BCUT2D eigenvalue weighted by Gasteiger charge is -2.09. The summed E-state index contributed by atoms with van der Waals surface area (Å²) in [5.74, 6) is -0.623. The maximum absolute atomic E-state index is 12.7. The van der Waals surface area contributed by atoms with E-state index in [1.54, 1.807) is 60.8 Å². The first-order valence-corrected chi connectivity index (χ1v) is 11.4. The SMILES string of the molecule is O=C(Nc1nc2ccc(C(=O)Nc3c(Cl)cccc3Cl)cc2s1)c1ccc2ncccc2c1. The number of carbonyl (C=O) groups excluding carboxylic acids is 2. The van der Waals surface area contributed by atoms with Gasteiger partial charge in [-0.3, -0.25) is 19.9 Å². The summed E-state index contributed by atoms with van der Waals surface area (Å²) in [6, 6.07) is 19.1. The molecule has 3 aromatic carbocycles. The summed E-state index contributed by atoms with van der Waals surface area (Å²) in [6.45, 7) is 0. The normalized spacial score (nSPS) is 11.0. The molecule has 0 aliphatic heterocycles. The Morgan fingerprint density at radius 2 is 1.48 bits per heavy atom. The second-order valence-corrected chi connectivity index (χ2v) is 8.96. The second-order valence-electron chi connectivity index (χ2n) is 7.12. The Labute approximate surface area is 202 Å². The van der Waals surface area contributed by atoms with Crippen molar-refractivity contribution in [2.24, 2.45) is 0 Å². The molecular weight excluding hydrogens is 479 g/mol. The summed E-state index contributed by atoms with van der Waals surface area (Å²) >= 11 is 13.6.